The lowest BCUT2D eigenvalue weighted by Crippen LogP contribution is -2.36. The van der Waals surface area contributed by atoms with Gasteiger partial charge in [0.1, 0.15) is 17.1 Å². The maximum Gasteiger partial charge on any atom is 0.273 e. The van der Waals surface area contributed by atoms with Crippen molar-refractivity contribution in [3.63, 3.8) is 0 Å². The van der Waals surface area contributed by atoms with Crippen LogP contribution in [0.15, 0.2) is 42.5 Å². The summed E-state index contributed by atoms with van der Waals surface area (Å²) in [6.07, 6.45) is 5.12. The smallest absolute Gasteiger partial charge is 0.273 e. The summed E-state index contributed by atoms with van der Waals surface area (Å²) >= 11 is 0. The topological polar surface area (TPSA) is 96.9 Å². The Labute approximate surface area is 211 Å². The summed E-state index contributed by atoms with van der Waals surface area (Å²) < 4.78 is 17.6. The number of nitrogens with zero attached hydrogens (tertiary/aromatic N) is 2. The second kappa shape index (κ2) is 10.6. The molecule has 190 valence electrons. The van der Waals surface area contributed by atoms with Crippen LogP contribution >= 0.6 is 0 Å². The van der Waals surface area contributed by atoms with Gasteiger partial charge in [0.15, 0.2) is 11.5 Å². The average molecular weight is 492 g/mol. The van der Waals surface area contributed by atoms with Gasteiger partial charge in [-0.25, -0.2) is 0 Å². The van der Waals surface area contributed by atoms with Crippen molar-refractivity contribution in [3.05, 3.63) is 59.3 Å². The minimum atomic E-state index is -0.409. The van der Waals surface area contributed by atoms with E-state index in [0.29, 0.717) is 48.2 Å². The zero-order valence-corrected chi connectivity index (χ0v) is 20.8. The van der Waals surface area contributed by atoms with E-state index in [1.54, 1.807) is 19.2 Å². The zero-order chi connectivity index (χ0) is 25.1. The highest BCUT2D eigenvalue weighted by Gasteiger charge is 2.44. The molecule has 0 spiro atoms. The number of unbranched alkanes of at least 4 members (excludes halogenated alkanes) is 2. The normalized spacial score (nSPS) is 19.1. The first kappa shape index (κ1) is 24.2. The molecule has 2 aliphatic heterocycles. The van der Waals surface area contributed by atoms with Gasteiger partial charge in [-0.15, -0.1) is 0 Å². The number of aromatic nitrogens is 2. The number of rotatable bonds is 10. The second-order valence-corrected chi connectivity index (χ2v) is 9.34. The number of fused-ring (bicyclic) bond motifs is 1. The molecule has 8 nitrogen and oxygen atoms in total. The molecule has 1 fully saturated rings. The number of hydrogen-bond donors (Lipinski definition) is 2. The second-order valence-electron chi connectivity index (χ2n) is 9.34. The van der Waals surface area contributed by atoms with Crippen LogP contribution in [0.2, 0.25) is 0 Å². The number of amides is 1. The van der Waals surface area contributed by atoms with Gasteiger partial charge in [0.25, 0.3) is 5.91 Å². The monoisotopic (exact) mass is 491 g/mol. The lowest BCUT2D eigenvalue weighted by atomic mass is 9.95. The Kier molecular flexibility index (Phi) is 7.13. The first-order valence-electron chi connectivity index (χ1n) is 12.7. The van der Waals surface area contributed by atoms with Gasteiger partial charge in [-0.05, 0) is 49.1 Å². The average Bonchev–Trinajstić information content (AvgIpc) is 3.62. The van der Waals surface area contributed by atoms with Gasteiger partial charge in [0, 0.05) is 24.3 Å². The fourth-order valence-corrected chi connectivity index (χ4v) is 5.13. The molecule has 36 heavy (non-hydrogen) atoms. The number of carbonyl (C=O) groups excluding carboxylic acids is 1. The highest BCUT2D eigenvalue weighted by molar-refractivity contribution is 6.00. The third-order valence-corrected chi connectivity index (χ3v) is 6.96. The molecule has 3 heterocycles. The van der Waals surface area contributed by atoms with E-state index in [1.165, 1.54) is 0 Å². The van der Waals surface area contributed by atoms with E-state index in [0.717, 1.165) is 43.2 Å². The van der Waals surface area contributed by atoms with Gasteiger partial charge >= 0.3 is 0 Å². The number of aromatic amines is 1. The number of phenols is 1. The van der Waals surface area contributed by atoms with Crippen LogP contribution in [0.1, 0.15) is 66.7 Å². The minimum absolute atomic E-state index is 0.00920. The fraction of sp³-hybridized carbons (Fsp3) is 0.429. The van der Waals surface area contributed by atoms with E-state index in [1.807, 2.05) is 35.2 Å². The van der Waals surface area contributed by atoms with E-state index in [9.17, 15) is 9.90 Å². The predicted molar refractivity (Wildman–Crippen MR) is 136 cm³/mol. The number of aromatic hydroxyl groups is 1. The Hall–Kier alpha value is -3.52. The molecule has 1 amide bonds. The van der Waals surface area contributed by atoms with Crippen molar-refractivity contribution in [1.82, 2.24) is 15.1 Å². The van der Waals surface area contributed by atoms with Crippen molar-refractivity contribution in [1.29, 1.82) is 0 Å². The minimum Gasteiger partial charge on any atom is -0.507 e. The molecule has 2 N–H and O–H groups in total. The van der Waals surface area contributed by atoms with E-state index in [2.05, 4.69) is 17.1 Å². The fourth-order valence-electron chi connectivity index (χ4n) is 5.13. The van der Waals surface area contributed by atoms with E-state index >= 15 is 0 Å². The summed E-state index contributed by atoms with van der Waals surface area (Å²) in [6, 6.07) is 12.5. The van der Waals surface area contributed by atoms with Crippen LogP contribution in [0.4, 0.5) is 0 Å². The number of methoxy groups -OCH3 is 1. The summed E-state index contributed by atoms with van der Waals surface area (Å²) in [6.45, 7) is 3.98. The Morgan fingerprint density at radius 2 is 2.06 bits per heavy atom. The number of phenolic OH excluding ortho intramolecular Hbond substituents is 1. The van der Waals surface area contributed by atoms with E-state index < -0.39 is 6.04 Å². The quantitative estimate of drug-likeness (QED) is 0.384. The van der Waals surface area contributed by atoms with Crippen molar-refractivity contribution in [3.8, 4) is 28.5 Å². The Morgan fingerprint density at radius 3 is 2.81 bits per heavy atom. The highest BCUT2D eigenvalue weighted by atomic mass is 16.5. The molecular formula is C28H33N3O5. The van der Waals surface area contributed by atoms with Crippen molar-refractivity contribution < 1.29 is 24.1 Å². The van der Waals surface area contributed by atoms with Crippen LogP contribution in [-0.2, 0) is 4.74 Å². The van der Waals surface area contributed by atoms with E-state index in [-0.39, 0.29) is 17.8 Å². The first-order valence-corrected chi connectivity index (χ1v) is 12.7. The molecule has 0 unspecified atom stereocenters. The van der Waals surface area contributed by atoms with Crippen LogP contribution in [0, 0.1) is 0 Å². The van der Waals surface area contributed by atoms with Gasteiger partial charge in [0.05, 0.1) is 25.9 Å². The van der Waals surface area contributed by atoms with Gasteiger partial charge in [-0.2, -0.15) is 5.10 Å². The molecule has 0 aliphatic carbocycles. The first-order chi connectivity index (χ1) is 17.6. The predicted octanol–water partition coefficient (Wildman–Crippen LogP) is 5.08. The highest BCUT2D eigenvalue weighted by Crippen LogP contribution is 2.46. The summed E-state index contributed by atoms with van der Waals surface area (Å²) in [7, 11) is 1.62. The van der Waals surface area contributed by atoms with Crippen molar-refractivity contribution in [2.45, 2.75) is 51.2 Å². The number of ether oxygens (including phenoxy) is 3. The van der Waals surface area contributed by atoms with Crippen LogP contribution in [0.25, 0.3) is 11.3 Å². The largest absolute Gasteiger partial charge is 0.507 e. The van der Waals surface area contributed by atoms with Crippen LogP contribution in [0.5, 0.6) is 17.2 Å². The molecule has 2 aromatic carbocycles. The number of carbonyl (C=O) groups is 1. The third kappa shape index (κ3) is 4.53. The SMILES string of the molecule is CCCCCOc1ccc([C@@H]2c3c(-c4ccccc4O)n[nH]c3C(=O)N2C[C@H]2CCCO2)cc1OC. The van der Waals surface area contributed by atoms with E-state index in [4.69, 9.17) is 14.2 Å². The molecule has 1 saturated heterocycles. The lowest BCUT2D eigenvalue weighted by Gasteiger charge is -2.29. The molecule has 5 rings (SSSR count). The van der Waals surface area contributed by atoms with Gasteiger partial charge in [-0.1, -0.05) is 38.0 Å². The van der Waals surface area contributed by atoms with Crippen molar-refractivity contribution in [2.75, 3.05) is 26.9 Å². The number of nitrogens with one attached hydrogen (secondary N) is 1. The Bertz CT molecular complexity index is 1220. The van der Waals surface area contributed by atoms with Crippen molar-refractivity contribution in [2.24, 2.45) is 0 Å². The summed E-state index contributed by atoms with van der Waals surface area (Å²) in [4.78, 5) is 15.4. The third-order valence-electron chi connectivity index (χ3n) is 6.96. The van der Waals surface area contributed by atoms with Gasteiger partial charge in [-0.3, -0.25) is 9.89 Å². The van der Waals surface area contributed by atoms with Crippen LogP contribution < -0.4 is 9.47 Å². The zero-order valence-electron chi connectivity index (χ0n) is 20.8. The number of hydrogen-bond acceptors (Lipinski definition) is 6. The van der Waals surface area contributed by atoms with Gasteiger partial charge < -0.3 is 24.2 Å². The summed E-state index contributed by atoms with van der Waals surface area (Å²) in [5, 5.41) is 18.0. The standard InChI is InChI=1S/C28H33N3O5/c1-3-4-7-14-36-22-13-12-18(16-23(22)34-2)27-24-25(20-10-5-6-11-21(20)32)29-30-26(24)28(33)31(27)17-19-9-8-15-35-19/h5-6,10-13,16,19,27,32H,3-4,7-9,14-15,17H2,1-2H3,(H,29,30)/t19-,27-/m1/s1. The number of H-pyrrole nitrogens is 1. The molecular weight excluding hydrogens is 458 g/mol. The molecule has 8 heteroatoms. The Balaban J connectivity index is 1.55. The number of benzene rings is 2. The van der Waals surface area contributed by atoms with Crippen LogP contribution in [-0.4, -0.2) is 59.1 Å². The van der Waals surface area contributed by atoms with Crippen LogP contribution in [0.3, 0.4) is 0 Å². The number of para-hydroxylation sites is 1. The van der Waals surface area contributed by atoms with Crippen molar-refractivity contribution >= 4 is 5.91 Å². The molecule has 0 bridgehead atoms. The van der Waals surface area contributed by atoms with Gasteiger partial charge in [0.2, 0.25) is 0 Å². The summed E-state index contributed by atoms with van der Waals surface area (Å²) in [5.74, 6) is 1.29. The lowest BCUT2D eigenvalue weighted by molar-refractivity contribution is 0.0495. The molecule has 2 atom stereocenters. The maximum absolute atomic E-state index is 13.6. The summed E-state index contributed by atoms with van der Waals surface area (Å²) in [5.41, 5.74) is 3.22. The maximum atomic E-state index is 13.6. The molecule has 1 aromatic heterocycles. The molecule has 0 saturated carbocycles. The molecule has 3 aromatic rings. The Morgan fingerprint density at radius 1 is 1.19 bits per heavy atom. The molecule has 2 aliphatic rings. The molecule has 0 radical (unpaired) electrons.